The molecule has 4 aliphatic rings. The fourth-order valence-electron chi connectivity index (χ4n) is 7.48. The zero-order valence-corrected chi connectivity index (χ0v) is 12.1. The van der Waals surface area contributed by atoms with E-state index in [9.17, 15) is 0 Å². The minimum Gasteiger partial charge on any atom is -0.293 e. The summed E-state index contributed by atoms with van der Waals surface area (Å²) in [4.78, 5) is 2.88. The van der Waals surface area contributed by atoms with Crippen LogP contribution in [0.5, 0.6) is 0 Å². The lowest BCUT2D eigenvalue weighted by atomic mass is 9.19. The molecule has 0 amide bonds. The summed E-state index contributed by atoms with van der Waals surface area (Å²) in [6.45, 7) is 14.0. The molecule has 0 spiro atoms. The van der Waals surface area contributed by atoms with Gasteiger partial charge in [-0.3, -0.25) is 4.90 Å². The van der Waals surface area contributed by atoms with E-state index in [4.69, 9.17) is 0 Å². The SMILES string of the molecule is CC[C@@H]1CC2[C@@H]3N4CC(C)C4(CC)C3(C)[C@]21C. The lowest BCUT2D eigenvalue weighted by molar-refractivity contribution is -0.468. The molecular weight excluding hydrogens is 206 g/mol. The third-order valence-corrected chi connectivity index (χ3v) is 8.31. The van der Waals surface area contributed by atoms with E-state index in [0.717, 1.165) is 23.8 Å². The van der Waals surface area contributed by atoms with Crippen molar-refractivity contribution in [1.29, 1.82) is 0 Å². The molecule has 0 aromatic heterocycles. The standard InChI is InChI=1S/C16H27N/c1-6-11-8-12-13-15(5,14(11,12)4)16(7-2)10(3)9-17(13)16/h10-13H,6-9H2,1-5H3/t10?,11-,12?,13+,14+,15?,16?/m1/s1. The molecule has 2 saturated heterocycles. The van der Waals surface area contributed by atoms with Crippen molar-refractivity contribution in [2.45, 2.75) is 65.5 Å². The van der Waals surface area contributed by atoms with Crippen molar-refractivity contribution >= 4 is 0 Å². The summed E-state index contributed by atoms with van der Waals surface area (Å²) in [5.41, 5.74) is 1.93. The predicted molar refractivity (Wildman–Crippen MR) is 70.8 cm³/mol. The number of hydrogen-bond acceptors (Lipinski definition) is 1. The zero-order valence-electron chi connectivity index (χ0n) is 12.1. The topological polar surface area (TPSA) is 3.24 Å². The van der Waals surface area contributed by atoms with Gasteiger partial charge in [0.05, 0.1) is 0 Å². The van der Waals surface area contributed by atoms with E-state index in [1.807, 2.05) is 0 Å². The Balaban J connectivity index is 1.76. The number of fused-ring (bicyclic) bond motifs is 7. The van der Waals surface area contributed by atoms with Crippen LogP contribution >= 0.6 is 0 Å². The Morgan fingerprint density at radius 2 is 1.94 bits per heavy atom. The van der Waals surface area contributed by atoms with Crippen LogP contribution in [0, 0.1) is 28.6 Å². The van der Waals surface area contributed by atoms with Gasteiger partial charge in [-0.25, -0.2) is 0 Å². The zero-order chi connectivity index (χ0) is 12.2. The molecule has 2 saturated carbocycles. The van der Waals surface area contributed by atoms with Crippen LogP contribution in [0.4, 0.5) is 0 Å². The largest absolute Gasteiger partial charge is 0.293 e. The van der Waals surface area contributed by atoms with Crippen LogP contribution in [-0.4, -0.2) is 23.0 Å². The minimum absolute atomic E-state index is 0.594. The molecule has 0 bridgehead atoms. The first-order valence-corrected chi connectivity index (χ1v) is 7.76. The quantitative estimate of drug-likeness (QED) is 0.705. The Kier molecular flexibility index (Phi) is 1.67. The summed E-state index contributed by atoms with van der Waals surface area (Å²) >= 11 is 0. The maximum absolute atomic E-state index is 2.88. The Morgan fingerprint density at radius 3 is 2.47 bits per heavy atom. The van der Waals surface area contributed by atoms with Crippen LogP contribution in [0.1, 0.15) is 53.9 Å². The van der Waals surface area contributed by atoms with Gasteiger partial charge in [-0.15, -0.1) is 0 Å². The Labute approximate surface area is 106 Å². The molecule has 0 aromatic carbocycles. The highest BCUT2D eigenvalue weighted by Gasteiger charge is 2.91. The molecule has 0 aromatic rings. The van der Waals surface area contributed by atoms with Crippen LogP contribution in [-0.2, 0) is 0 Å². The van der Waals surface area contributed by atoms with Crippen LogP contribution in [0.15, 0.2) is 0 Å². The van der Waals surface area contributed by atoms with Gasteiger partial charge in [0.2, 0.25) is 0 Å². The van der Waals surface area contributed by atoms with Gasteiger partial charge in [0.25, 0.3) is 0 Å². The molecule has 2 aliphatic carbocycles. The highest BCUT2D eigenvalue weighted by atomic mass is 15.4. The number of piperidine rings is 2. The van der Waals surface area contributed by atoms with Gasteiger partial charge in [0.1, 0.15) is 0 Å². The van der Waals surface area contributed by atoms with Crippen LogP contribution in [0.3, 0.4) is 0 Å². The van der Waals surface area contributed by atoms with Gasteiger partial charge in [-0.05, 0) is 36.0 Å². The van der Waals surface area contributed by atoms with Crippen molar-refractivity contribution in [2.24, 2.45) is 28.6 Å². The molecule has 4 rings (SSSR count). The van der Waals surface area contributed by atoms with Gasteiger partial charge in [-0.1, -0.05) is 41.0 Å². The minimum atomic E-state index is 0.594. The lowest BCUT2D eigenvalue weighted by Gasteiger charge is -2.96. The molecule has 4 fully saturated rings. The van der Waals surface area contributed by atoms with Gasteiger partial charge >= 0.3 is 0 Å². The van der Waals surface area contributed by atoms with Crippen molar-refractivity contribution in [3.63, 3.8) is 0 Å². The summed E-state index contributed by atoms with van der Waals surface area (Å²) in [7, 11) is 0. The normalized spacial score (nSPS) is 67.6. The molecule has 1 nitrogen and oxygen atoms in total. The second-order valence-corrected chi connectivity index (χ2v) is 7.71. The smallest absolute Gasteiger partial charge is 0.0322 e. The first kappa shape index (κ1) is 10.8. The maximum Gasteiger partial charge on any atom is 0.0322 e. The molecule has 96 valence electrons. The Hall–Kier alpha value is -0.0400. The van der Waals surface area contributed by atoms with Crippen LogP contribution in [0.2, 0.25) is 0 Å². The van der Waals surface area contributed by atoms with Crippen molar-refractivity contribution < 1.29 is 0 Å². The summed E-state index contributed by atoms with van der Waals surface area (Å²) in [6, 6.07) is 0.964. The van der Waals surface area contributed by atoms with Gasteiger partial charge in [0.15, 0.2) is 0 Å². The van der Waals surface area contributed by atoms with Crippen molar-refractivity contribution in [3.05, 3.63) is 0 Å². The van der Waals surface area contributed by atoms with Crippen molar-refractivity contribution in [3.8, 4) is 0 Å². The molecular formula is C16H27N. The van der Waals surface area contributed by atoms with Gasteiger partial charge < -0.3 is 0 Å². The second kappa shape index (κ2) is 2.61. The maximum atomic E-state index is 2.88. The van der Waals surface area contributed by atoms with E-state index in [1.165, 1.54) is 25.8 Å². The molecule has 2 aliphatic heterocycles. The average molecular weight is 233 g/mol. The molecule has 7 atom stereocenters. The monoisotopic (exact) mass is 233 g/mol. The highest BCUT2D eigenvalue weighted by Crippen LogP contribution is 2.87. The third kappa shape index (κ3) is 0.654. The summed E-state index contributed by atoms with van der Waals surface area (Å²) in [5, 5.41) is 0. The first-order chi connectivity index (χ1) is 8.00. The number of rotatable bonds is 2. The average Bonchev–Trinajstić information content (AvgIpc) is 2.30. The summed E-state index contributed by atoms with van der Waals surface area (Å²) < 4.78 is 0. The Morgan fingerprint density at radius 1 is 1.24 bits per heavy atom. The molecule has 17 heavy (non-hydrogen) atoms. The molecule has 4 unspecified atom stereocenters. The fraction of sp³-hybridized carbons (Fsp3) is 1.00. The molecule has 0 radical (unpaired) electrons. The van der Waals surface area contributed by atoms with E-state index < -0.39 is 0 Å². The Bertz CT molecular complexity index is 391. The lowest BCUT2D eigenvalue weighted by Crippen LogP contribution is -3.02. The third-order valence-electron chi connectivity index (χ3n) is 8.31. The van der Waals surface area contributed by atoms with Crippen molar-refractivity contribution in [2.75, 3.05) is 6.54 Å². The number of hydrogen-bond donors (Lipinski definition) is 0. The first-order valence-electron chi connectivity index (χ1n) is 7.76. The van der Waals surface area contributed by atoms with E-state index in [1.54, 1.807) is 0 Å². The fourth-order valence-corrected chi connectivity index (χ4v) is 7.48. The van der Waals surface area contributed by atoms with E-state index in [0.29, 0.717) is 16.4 Å². The van der Waals surface area contributed by atoms with Gasteiger partial charge in [0, 0.05) is 23.5 Å². The second-order valence-electron chi connectivity index (χ2n) is 7.71. The molecule has 2 heterocycles. The number of nitrogens with zero attached hydrogens (tertiary/aromatic N) is 1. The van der Waals surface area contributed by atoms with Gasteiger partial charge in [-0.2, -0.15) is 0 Å². The van der Waals surface area contributed by atoms with Crippen LogP contribution < -0.4 is 0 Å². The summed E-state index contributed by atoms with van der Waals surface area (Å²) in [6.07, 6.45) is 4.31. The van der Waals surface area contributed by atoms with E-state index in [-0.39, 0.29) is 0 Å². The highest BCUT2D eigenvalue weighted by molar-refractivity contribution is 5.42. The van der Waals surface area contributed by atoms with Crippen LogP contribution in [0.25, 0.3) is 0 Å². The van der Waals surface area contributed by atoms with E-state index >= 15 is 0 Å². The van der Waals surface area contributed by atoms with E-state index in [2.05, 4.69) is 39.5 Å². The molecule has 1 heteroatoms. The predicted octanol–water partition coefficient (Wildman–Crippen LogP) is 3.54. The van der Waals surface area contributed by atoms with Crippen molar-refractivity contribution in [1.82, 2.24) is 4.90 Å². The summed E-state index contributed by atoms with van der Waals surface area (Å²) in [5.74, 6) is 3.00. The molecule has 0 N–H and O–H groups in total.